The molecule has 0 atom stereocenters. The van der Waals surface area contributed by atoms with Crippen LogP contribution in [0.15, 0.2) is 18.2 Å². The van der Waals surface area contributed by atoms with Crippen LogP contribution in [0.25, 0.3) is 0 Å². The van der Waals surface area contributed by atoms with E-state index in [1.807, 2.05) is 12.1 Å². The van der Waals surface area contributed by atoms with Crippen LogP contribution >= 0.6 is 35.0 Å². The number of hydrogen-bond donors (Lipinski definition) is 1. The van der Waals surface area contributed by atoms with E-state index >= 15 is 0 Å². The lowest BCUT2D eigenvalue weighted by molar-refractivity contribution is -0.118. The SMILES string of the molecule is COCCNC(=O)CSCc1ccc(Cl)c(Cl)c1. The van der Waals surface area contributed by atoms with Crippen molar-refractivity contribution < 1.29 is 9.53 Å². The molecule has 1 aromatic carbocycles. The van der Waals surface area contributed by atoms with Crippen molar-refractivity contribution >= 4 is 40.9 Å². The first-order chi connectivity index (χ1) is 8.63. The highest BCUT2D eigenvalue weighted by molar-refractivity contribution is 7.99. The van der Waals surface area contributed by atoms with E-state index in [-0.39, 0.29) is 5.91 Å². The summed E-state index contributed by atoms with van der Waals surface area (Å²) in [5, 5.41) is 3.84. The molecule has 0 aliphatic rings. The van der Waals surface area contributed by atoms with Gasteiger partial charge >= 0.3 is 0 Å². The van der Waals surface area contributed by atoms with Crippen molar-refractivity contribution in [3.05, 3.63) is 33.8 Å². The lowest BCUT2D eigenvalue weighted by Crippen LogP contribution is -2.28. The number of methoxy groups -OCH3 is 1. The highest BCUT2D eigenvalue weighted by Gasteiger charge is 2.03. The first-order valence-corrected chi connectivity index (χ1v) is 7.32. The van der Waals surface area contributed by atoms with Gasteiger partial charge in [-0.3, -0.25) is 4.79 Å². The highest BCUT2D eigenvalue weighted by Crippen LogP contribution is 2.24. The van der Waals surface area contributed by atoms with Crippen molar-refractivity contribution in [2.75, 3.05) is 26.0 Å². The molecule has 0 fully saturated rings. The molecule has 6 heteroatoms. The first-order valence-electron chi connectivity index (χ1n) is 5.41. The molecule has 0 bridgehead atoms. The molecule has 1 rings (SSSR count). The second-order valence-corrected chi connectivity index (χ2v) is 5.38. The molecule has 0 saturated carbocycles. The van der Waals surface area contributed by atoms with Gasteiger partial charge in [0.25, 0.3) is 0 Å². The minimum atomic E-state index is 0.0112. The van der Waals surface area contributed by atoms with Gasteiger partial charge in [0.05, 0.1) is 22.4 Å². The Morgan fingerprint density at radius 2 is 2.17 bits per heavy atom. The number of carbonyl (C=O) groups is 1. The van der Waals surface area contributed by atoms with Crippen LogP contribution in [0.5, 0.6) is 0 Å². The number of amides is 1. The van der Waals surface area contributed by atoms with Crippen molar-refractivity contribution in [1.29, 1.82) is 0 Å². The molecule has 0 aliphatic carbocycles. The number of carbonyl (C=O) groups excluding carboxylic acids is 1. The van der Waals surface area contributed by atoms with Crippen LogP contribution in [0.2, 0.25) is 10.0 Å². The van der Waals surface area contributed by atoms with E-state index in [9.17, 15) is 4.79 Å². The van der Waals surface area contributed by atoms with Crippen LogP contribution in [0, 0.1) is 0 Å². The van der Waals surface area contributed by atoms with Gasteiger partial charge in [-0.05, 0) is 17.7 Å². The van der Waals surface area contributed by atoms with Gasteiger partial charge in [0, 0.05) is 19.4 Å². The summed E-state index contributed by atoms with van der Waals surface area (Å²) in [4.78, 5) is 11.4. The zero-order chi connectivity index (χ0) is 13.4. The molecule has 0 saturated heterocycles. The van der Waals surface area contributed by atoms with Crippen LogP contribution in [0.3, 0.4) is 0 Å². The van der Waals surface area contributed by atoms with Crippen LogP contribution in [0.1, 0.15) is 5.56 Å². The molecule has 0 aliphatic heterocycles. The number of hydrogen-bond acceptors (Lipinski definition) is 3. The molecular formula is C12H15Cl2NO2S. The Morgan fingerprint density at radius 3 is 2.83 bits per heavy atom. The maximum absolute atomic E-state index is 11.4. The maximum Gasteiger partial charge on any atom is 0.230 e. The molecule has 1 amide bonds. The van der Waals surface area contributed by atoms with Crippen molar-refractivity contribution in [2.45, 2.75) is 5.75 Å². The van der Waals surface area contributed by atoms with Gasteiger partial charge in [0.2, 0.25) is 5.91 Å². The summed E-state index contributed by atoms with van der Waals surface area (Å²) < 4.78 is 4.84. The third-order valence-corrected chi connectivity index (χ3v) is 3.86. The Kier molecular flexibility index (Phi) is 7.51. The summed E-state index contributed by atoms with van der Waals surface area (Å²) in [5.74, 6) is 1.16. The lowest BCUT2D eigenvalue weighted by atomic mass is 10.2. The van der Waals surface area contributed by atoms with E-state index in [1.165, 1.54) is 11.8 Å². The van der Waals surface area contributed by atoms with E-state index in [0.29, 0.717) is 28.9 Å². The number of rotatable bonds is 7. The van der Waals surface area contributed by atoms with E-state index in [2.05, 4.69) is 5.32 Å². The Labute approximate surface area is 121 Å². The molecule has 18 heavy (non-hydrogen) atoms. The predicted octanol–water partition coefficient (Wildman–Crippen LogP) is 2.99. The average molecular weight is 308 g/mol. The van der Waals surface area contributed by atoms with Crippen LogP contribution < -0.4 is 5.32 Å². The summed E-state index contributed by atoms with van der Waals surface area (Å²) in [5.41, 5.74) is 1.05. The van der Waals surface area contributed by atoms with Gasteiger partial charge < -0.3 is 10.1 Å². The summed E-state index contributed by atoms with van der Waals surface area (Å²) >= 11 is 13.3. The van der Waals surface area contributed by atoms with Crippen molar-refractivity contribution in [3.63, 3.8) is 0 Å². The second-order valence-electron chi connectivity index (χ2n) is 3.58. The van der Waals surface area contributed by atoms with Gasteiger partial charge in [0.1, 0.15) is 0 Å². The topological polar surface area (TPSA) is 38.3 Å². The molecule has 3 nitrogen and oxygen atoms in total. The highest BCUT2D eigenvalue weighted by atomic mass is 35.5. The fourth-order valence-electron chi connectivity index (χ4n) is 1.23. The van der Waals surface area contributed by atoms with Crippen LogP contribution in [-0.2, 0) is 15.3 Å². The predicted molar refractivity (Wildman–Crippen MR) is 77.5 cm³/mol. The molecule has 0 radical (unpaired) electrons. The monoisotopic (exact) mass is 307 g/mol. The maximum atomic E-state index is 11.4. The van der Waals surface area contributed by atoms with Gasteiger partial charge in [-0.25, -0.2) is 0 Å². The number of benzene rings is 1. The normalized spacial score (nSPS) is 10.4. The molecule has 100 valence electrons. The van der Waals surface area contributed by atoms with Crippen molar-refractivity contribution in [3.8, 4) is 0 Å². The Morgan fingerprint density at radius 1 is 1.39 bits per heavy atom. The molecular weight excluding hydrogens is 293 g/mol. The lowest BCUT2D eigenvalue weighted by Gasteiger charge is -2.05. The quantitative estimate of drug-likeness (QED) is 0.787. The van der Waals surface area contributed by atoms with Crippen LogP contribution in [-0.4, -0.2) is 31.9 Å². The standard InChI is InChI=1S/C12H15Cl2NO2S/c1-17-5-4-15-12(16)8-18-7-9-2-3-10(13)11(14)6-9/h2-3,6H,4-5,7-8H2,1H3,(H,15,16). The zero-order valence-electron chi connectivity index (χ0n) is 10.0. The van der Waals surface area contributed by atoms with Gasteiger partial charge in [-0.1, -0.05) is 29.3 Å². The third-order valence-electron chi connectivity index (χ3n) is 2.11. The fourth-order valence-corrected chi connectivity index (χ4v) is 2.36. The smallest absolute Gasteiger partial charge is 0.230 e. The first kappa shape index (κ1) is 15.6. The average Bonchev–Trinajstić information content (AvgIpc) is 2.34. The van der Waals surface area contributed by atoms with E-state index in [0.717, 1.165) is 11.3 Å². The summed E-state index contributed by atoms with van der Waals surface area (Å²) in [7, 11) is 1.60. The summed E-state index contributed by atoms with van der Waals surface area (Å²) in [6.07, 6.45) is 0. The Balaban J connectivity index is 2.24. The molecule has 0 spiro atoms. The van der Waals surface area contributed by atoms with Crippen molar-refractivity contribution in [1.82, 2.24) is 5.32 Å². The molecule has 0 heterocycles. The molecule has 1 N–H and O–H groups in total. The second kappa shape index (κ2) is 8.64. The molecule has 1 aromatic rings. The van der Waals surface area contributed by atoms with E-state index < -0.39 is 0 Å². The minimum Gasteiger partial charge on any atom is -0.383 e. The number of thioether (sulfide) groups is 1. The third kappa shape index (κ3) is 5.96. The number of ether oxygens (including phenoxy) is 1. The van der Waals surface area contributed by atoms with Gasteiger partial charge in [0.15, 0.2) is 0 Å². The zero-order valence-corrected chi connectivity index (χ0v) is 12.4. The van der Waals surface area contributed by atoms with Gasteiger partial charge in [-0.2, -0.15) is 0 Å². The number of halogens is 2. The van der Waals surface area contributed by atoms with E-state index in [4.69, 9.17) is 27.9 Å². The van der Waals surface area contributed by atoms with E-state index in [1.54, 1.807) is 13.2 Å². The summed E-state index contributed by atoms with van der Waals surface area (Å²) in [6, 6.07) is 5.49. The molecule has 0 aromatic heterocycles. The minimum absolute atomic E-state index is 0.0112. The van der Waals surface area contributed by atoms with Crippen LogP contribution in [0.4, 0.5) is 0 Å². The fraction of sp³-hybridized carbons (Fsp3) is 0.417. The van der Waals surface area contributed by atoms with Gasteiger partial charge in [-0.15, -0.1) is 11.8 Å². The Hall–Kier alpha value is -0.420. The summed E-state index contributed by atoms with van der Waals surface area (Å²) in [6.45, 7) is 1.08. The van der Waals surface area contributed by atoms with Crippen molar-refractivity contribution in [2.24, 2.45) is 0 Å². The molecule has 0 unspecified atom stereocenters. The largest absolute Gasteiger partial charge is 0.383 e. The number of nitrogens with one attached hydrogen (secondary N) is 1. The Bertz CT molecular complexity index is 402.